The summed E-state index contributed by atoms with van der Waals surface area (Å²) in [6.45, 7) is 1.92. The van der Waals surface area contributed by atoms with Gasteiger partial charge in [0.05, 0.1) is 16.6 Å². The molecule has 9 nitrogen and oxygen atoms in total. The van der Waals surface area contributed by atoms with Crippen LogP contribution < -0.4 is 4.74 Å². The number of likely N-dealkylation sites (tertiary alicyclic amines) is 1. The summed E-state index contributed by atoms with van der Waals surface area (Å²) >= 11 is 5.89. The summed E-state index contributed by atoms with van der Waals surface area (Å²) in [5.74, 6) is 0.464. The van der Waals surface area contributed by atoms with E-state index in [-0.39, 0.29) is 54.5 Å². The van der Waals surface area contributed by atoms with E-state index in [1.165, 1.54) is 13.0 Å². The highest BCUT2D eigenvalue weighted by molar-refractivity contribution is 6.30. The van der Waals surface area contributed by atoms with Gasteiger partial charge in [-0.3, -0.25) is 14.4 Å². The number of aromatic nitrogens is 1. The van der Waals surface area contributed by atoms with Crippen LogP contribution in [-0.2, 0) is 22.6 Å². The van der Waals surface area contributed by atoms with E-state index >= 15 is 0 Å². The lowest BCUT2D eigenvalue weighted by Crippen LogP contribution is -2.44. The molecular weight excluding hydrogens is 537 g/mol. The number of nitrogens with zero attached hydrogens (tertiary/aromatic N) is 5. The lowest BCUT2D eigenvalue weighted by molar-refractivity contribution is -0.139. The van der Waals surface area contributed by atoms with Crippen LogP contribution in [-0.4, -0.2) is 58.1 Å². The maximum atomic E-state index is 14.3. The summed E-state index contributed by atoms with van der Waals surface area (Å²) in [6, 6.07) is 9.61. The highest BCUT2D eigenvalue weighted by atomic mass is 35.5. The Morgan fingerprint density at radius 3 is 2.80 bits per heavy atom. The topological polar surface area (TPSA) is 106 Å². The van der Waals surface area contributed by atoms with E-state index in [2.05, 4.69) is 15.2 Å². The number of carbonyl (C=O) groups excluding carboxylic acids is 3. The van der Waals surface area contributed by atoms with Crippen LogP contribution >= 0.6 is 11.6 Å². The quantitative estimate of drug-likeness (QED) is 0.323. The maximum Gasteiger partial charge on any atom is 0.243 e. The Morgan fingerprint density at radius 1 is 1.18 bits per heavy atom. The largest absolute Gasteiger partial charge is 0.485 e. The predicted molar refractivity (Wildman–Crippen MR) is 146 cm³/mol. The van der Waals surface area contributed by atoms with E-state index < -0.39 is 11.9 Å². The molecule has 1 aliphatic carbocycles. The van der Waals surface area contributed by atoms with Gasteiger partial charge in [0.2, 0.25) is 5.91 Å². The molecule has 3 aromatic rings. The molecule has 1 aromatic heterocycles. The molecule has 0 N–H and O–H groups in total. The molecule has 1 amide bonds. The Hall–Kier alpha value is -3.92. The Balaban J connectivity index is 1.20. The molecule has 2 aromatic carbocycles. The molecule has 1 saturated carbocycles. The van der Waals surface area contributed by atoms with Crippen LogP contribution in [0.25, 0.3) is 10.9 Å². The summed E-state index contributed by atoms with van der Waals surface area (Å²) < 4.78 is 21.9. The second kappa shape index (κ2) is 10.6. The van der Waals surface area contributed by atoms with E-state index in [1.807, 2.05) is 0 Å². The van der Waals surface area contributed by atoms with Crippen LogP contribution in [0.5, 0.6) is 5.75 Å². The number of carbonyl (C=O) groups is 3. The SMILES string of the molecule is CC(=O)c1cn(CC(=O)N2[C@@H]3CC3C[C@H]2C(=O)CCc2cccc(Cl)c2F)c2cc(OCC3=NCN=N3)ccc12. The minimum atomic E-state index is -0.534. The second-order valence-electron chi connectivity index (χ2n) is 10.4. The fourth-order valence-electron chi connectivity index (χ4n) is 5.75. The van der Waals surface area contributed by atoms with Crippen molar-refractivity contribution < 1.29 is 23.5 Å². The van der Waals surface area contributed by atoms with Gasteiger partial charge in [-0.1, -0.05) is 23.7 Å². The van der Waals surface area contributed by atoms with E-state index in [4.69, 9.17) is 16.3 Å². The third kappa shape index (κ3) is 5.03. The van der Waals surface area contributed by atoms with E-state index in [0.29, 0.717) is 52.6 Å². The first-order chi connectivity index (χ1) is 19.3. The molecule has 6 rings (SSSR count). The number of amides is 1. The number of ether oxygens (including phenoxy) is 1. The highest BCUT2D eigenvalue weighted by Crippen LogP contribution is 2.48. The monoisotopic (exact) mass is 563 g/mol. The van der Waals surface area contributed by atoms with Crippen molar-refractivity contribution >= 4 is 45.8 Å². The average Bonchev–Trinajstić information content (AvgIpc) is 3.27. The fourth-order valence-corrected chi connectivity index (χ4v) is 5.94. The minimum Gasteiger partial charge on any atom is -0.485 e. The van der Waals surface area contributed by atoms with Gasteiger partial charge in [0.25, 0.3) is 0 Å². The van der Waals surface area contributed by atoms with Gasteiger partial charge in [-0.15, -0.1) is 5.11 Å². The number of aryl methyl sites for hydroxylation is 1. The van der Waals surface area contributed by atoms with Gasteiger partial charge in [-0.25, -0.2) is 9.38 Å². The van der Waals surface area contributed by atoms with Crippen molar-refractivity contribution in [1.29, 1.82) is 0 Å². The van der Waals surface area contributed by atoms with Gasteiger partial charge in [-0.05, 0) is 55.9 Å². The van der Waals surface area contributed by atoms with Crippen LogP contribution in [0.2, 0.25) is 5.02 Å². The zero-order chi connectivity index (χ0) is 28.0. The van der Waals surface area contributed by atoms with Crippen molar-refractivity contribution in [3.8, 4) is 5.75 Å². The number of aliphatic imine (C=N–C) groups is 1. The second-order valence-corrected chi connectivity index (χ2v) is 10.9. The summed E-state index contributed by atoms with van der Waals surface area (Å²) in [6.07, 6.45) is 3.53. The Bertz CT molecular complexity index is 1600. The molecule has 1 saturated heterocycles. The average molecular weight is 564 g/mol. The summed E-state index contributed by atoms with van der Waals surface area (Å²) in [7, 11) is 0. The van der Waals surface area contributed by atoms with Crippen LogP contribution in [0, 0.1) is 11.7 Å². The number of ketones is 2. The highest BCUT2D eigenvalue weighted by Gasteiger charge is 2.55. The standard InChI is InChI=1S/C29H27ClFN5O4/c1-16(37)21-12-35(24-11-19(6-7-20(21)24)40-14-27-32-15-33-34-27)13-28(39)36-23-9-18(23)10-25(36)26(38)8-5-17-3-2-4-22(30)29(17)31/h2-4,6-7,11-12,18,23,25H,5,8-10,13-15H2,1H3/t18?,23-,25+/m1/s1. The number of hydrogen-bond donors (Lipinski definition) is 0. The third-order valence-electron chi connectivity index (χ3n) is 7.85. The van der Waals surface area contributed by atoms with Crippen molar-refractivity contribution in [1.82, 2.24) is 9.47 Å². The summed E-state index contributed by atoms with van der Waals surface area (Å²) in [5.41, 5.74) is 1.57. The molecule has 11 heteroatoms. The van der Waals surface area contributed by atoms with Crippen molar-refractivity contribution in [2.75, 3.05) is 13.3 Å². The summed E-state index contributed by atoms with van der Waals surface area (Å²) in [5, 5.41) is 8.46. The van der Waals surface area contributed by atoms with Crippen LogP contribution in [0.4, 0.5) is 4.39 Å². The zero-order valence-corrected chi connectivity index (χ0v) is 22.6. The van der Waals surface area contributed by atoms with Gasteiger partial charge in [-0.2, -0.15) is 5.11 Å². The number of amidine groups is 1. The van der Waals surface area contributed by atoms with Gasteiger partial charge in [0.1, 0.15) is 24.7 Å². The van der Waals surface area contributed by atoms with Crippen molar-refractivity contribution in [3.05, 3.63) is 64.6 Å². The first-order valence-corrected chi connectivity index (χ1v) is 13.6. The van der Waals surface area contributed by atoms with Crippen LogP contribution in [0.1, 0.15) is 42.1 Å². The number of fused-ring (bicyclic) bond motifs is 2. The number of hydrogen-bond acceptors (Lipinski definition) is 7. The third-order valence-corrected chi connectivity index (χ3v) is 8.14. The fraction of sp³-hybridized carbons (Fsp3) is 0.379. The molecule has 2 fully saturated rings. The zero-order valence-electron chi connectivity index (χ0n) is 21.8. The minimum absolute atomic E-state index is 0.0237. The molecule has 0 bridgehead atoms. The number of azo groups is 1. The number of benzene rings is 2. The van der Waals surface area contributed by atoms with E-state index in [0.717, 1.165) is 6.42 Å². The van der Waals surface area contributed by atoms with Gasteiger partial charge < -0.3 is 14.2 Å². The van der Waals surface area contributed by atoms with E-state index in [1.54, 1.807) is 46.0 Å². The van der Waals surface area contributed by atoms with Crippen molar-refractivity contribution in [3.63, 3.8) is 0 Å². The predicted octanol–water partition coefficient (Wildman–Crippen LogP) is 5.03. The molecule has 206 valence electrons. The first kappa shape index (κ1) is 26.3. The normalized spacial score (nSPS) is 21.0. The Labute approximate surface area is 234 Å². The lowest BCUT2D eigenvalue weighted by Gasteiger charge is -2.27. The molecular formula is C29H27ClFN5O4. The molecule has 2 aliphatic heterocycles. The Morgan fingerprint density at radius 2 is 2.02 bits per heavy atom. The lowest BCUT2D eigenvalue weighted by atomic mass is 10.00. The number of halogens is 2. The first-order valence-electron chi connectivity index (χ1n) is 13.2. The van der Waals surface area contributed by atoms with Crippen LogP contribution in [0.15, 0.2) is 57.8 Å². The molecule has 0 spiro atoms. The molecule has 1 unspecified atom stereocenters. The summed E-state index contributed by atoms with van der Waals surface area (Å²) in [4.78, 5) is 45.1. The molecule has 0 radical (unpaired) electrons. The van der Waals surface area contributed by atoms with Crippen LogP contribution in [0.3, 0.4) is 0 Å². The Kier molecular flexibility index (Phi) is 6.95. The van der Waals surface area contributed by atoms with Crippen molar-refractivity contribution in [2.45, 2.75) is 51.2 Å². The van der Waals surface area contributed by atoms with Gasteiger partial charge >= 0.3 is 0 Å². The number of rotatable bonds is 10. The smallest absolute Gasteiger partial charge is 0.243 e. The molecule has 3 heterocycles. The van der Waals surface area contributed by atoms with Gasteiger partial charge in [0.15, 0.2) is 24.1 Å². The van der Waals surface area contributed by atoms with Gasteiger partial charge in [0, 0.05) is 35.7 Å². The number of piperidine rings is 1. The number of Topliss-reactive ketones (excluding diaryl/α,β-unsaturated/α-hetero) is 2. The maximum absolute atomic E-state index is 14.3. The van der Waals surface area contributed by atoms with E-state index in [9.17, 15) is 18.8 Å². The van der Waals surface area contributed by atoms with Crippen molar-refractivity contribution in [2.24, 2.45) is 21.1 Å². The molecule has 3 atom stereocenters. The molecule has 40 heavy (non-hydrogen) atoms. The molecule has 3 aliphatic rings.